The Morgan fingerprint density at radius 3 is 2.45 bits per heavy atom. The summed E-state index contributed by atoms with van der Waals surface area (Å²) in [4.78, 5) is 38.2. The molecule has 8 rings (SSSR count). The van der Waals surface area contributed by atoms with Gasteiger partial charge in [0.05, 0.1) is 50.8 Å². The number of imidazole rings is 1. The van der Waals surface area contributed by atoms with Crippen molar-refractivity contribution in [3.63, 3.8) is 0 Å². The molecule has 1 saturated heterocycles. The molecule has 0 radical (unpaired) electrons. The van der Waals surface area contributed by atoms with E-state index in [1.54, 1.807) is 73.7 Å². The summed E-state index contributed by atoms with van der Waals surface area (Å²) in [6.45, 7) is 0.484. The first-order valence-corrected chi connectivity index (χ1v) is 22.0. The molecule has 65 heavy (non-hydrogen) atoms. The number of allylic oxidation sites excluding steroid dienone is 2. The van der Waals surface area contributed by atoms with E-state index in [0.717, 1.165) is 19.4 Å². The zero-order valence-corrected chi connectivity index (χ0v) is 36.1. The lowest BCUT2D eigenvalue weighted by Gasteiger charge is -2.30. The molecule has 18 nitrogen and oxygen atoms in total. The van der Waals surface area contributed by atoms with Crippen molar-refractivity contribution >= 4 is 71.0 Å². The number of aliphatic hydroxyl groups excluding tert-OH is 2. The molecule has 3 aliphatic heterocycles. The lowest BCUT2D eigenvalue weighted by atomic mass is 9.90. The zero-order valence-electron chi connectivity index (χ0n) is 35.3. The van der Waals surface area contributed by atoms with Crippen LogP contribution in [0.3, 0.4) is 0 Å². The standard InChI is InChI=1S/C43H48BF2N9O9S/c1-2-47-42(59)39-37(57)38(58)43(64-39)53-27-52-36-40(50-26-51-41(36)53)49-16-18-61-20-22-62-21-19-60-17-15-48-35(56)25-63-32-12-6-28(7-13-32)5-8-29-9-10-30-24-31-11-14-33(34-4-3-23-65-34)55(31)44(45,46)54(29)30/h3-14,23-24,26-27,37-39,43,57-58H,2,15-22,25H2,1H3,(H,47,59)(H,48,56)(H,49,50,51)/b8-5+/t37-,38+,39-,43+/m0/s1. The van der Waals surface area contributed by atoms with Gasteiger partial charge in [0.1, 0.15) is 24.3 Å². The van der Waals surface area contributed by atoms with Crippen molar-refractivity contribution in [1.29, 1.82) is 0 Å². The zero-order chi connectivity index (χ0) is 45.3. The third-order valence-electron chi connectivity index (χ3n) is 10.7. The van der Waals surface area contributed by atoms with Crippen LogP contribution in [0.4, 0.5) is 14.4 Å². The molecule has 5 N–H and O–H groups in total. The molecule has 0 bridgehead atoms. The second kappa shape index (κ2) is 20.8. The van der Waals surface area contributed by atoms with Crippen LogP contribution >= 0.6 is 11.3 Å². The van der Waals surface area contributed by atoms with Gasteiger partial charge >= 0.3 is 6.97 Å². The quantitative estimate of drug-likeness (QED) is 0.0501. The Labute approximate surface area is 375 Å². The summed E-state index contributed by atoms with van der Waals surface area (Å²) in [5.74, 6) is 0.0933. The number of benzene rings is 1. The molecule has 4 aromatic heterocycles. The minimum Gasteiger partial charge on any atom is -0.484 e. The minimum atomic E-state index is -4.13. The Kier molecular flexibility index (Phi) is 14.5. The number of ether oxygens (including phenoxy) is 5. The van der Waals surface area contributed by atoms with Crippen LogP contribution in [0.2, 0.25) is 0 Å². The molecule has 0 unspecified atom stereocenters. The van der Waals surface area contributed by atoms with Crippen molar-refractivity contribution in [3.8, 4) is 5.75 Å². The van der Waals surface area contributed by atoms with Crippen molar-refractivity contribution in [2.45, 2.75) is 31.5 Å². The van der Waals surface area contributed by atoms with Crippen LogP contribution in [0.15, 0.2) is 84.4 Å². The summed E-state index contributed by atoms with van der Waals surface area (Å²) < 4.78 is 63.9. The number of amides is 2. The third-order valence-corrected chi connectivity index (χ3v) is 11.5. The summed E-state index contributed by atoms with van der Waals surface area (Å²) >= 11 is 1.43. The third kappa shape index (κ3) is 10.2. The smallest absolute Gasteiger partial charge is 0.484 e. The molecule has 2 amide bonds. The normalized spacial score (nSPS) is 19.7. The van der Waals surface area contributed by atoms with Crippen molar-refractivity contribution < 1.29 is 56.6 Å². The summed E-state index contributed by atoms with van der Waals surface area (Å²) in [6, 6.07) is 14.1. The number of halogens is 2. The maximum Gasteiger partial charge on any atom is 0.737 e. The number of aliphatic hydroxyl groups is 2. The molecule has 5 aromatic rings. The van der Waals surface area contributed by atoms with Gasteiger partial charge in [0.15, 0.2) is 47.3 Å². The van der Waals surface area contributed by atoms with E-state index in [9.17, 15) is 19.8 Å². The number of nitrogens with one attached hydrogen (secondary N) is 3. The Morgan fingerprint density at radius 1 is 0.923 bits per heavy atom. The van der Waals surface area contributed by atoms with E-state index in [0.29, 0.717) is 98.2 Å². The van der Waals surface area contributed by atoms with Crippen LogP contribution < -0.4 is 20.7 Å². The van der Waals surface area contributed by atoms with E-state index in [-0.39, 0.29) is 19.1 Å². The number of aromatic nitrogens is 5. The molecule has 0 saturated carbocycles. The van der Waals surface area contributed by atoms with Gasteiger partial charge in [0.2, 0.25) is 0 Å². The van der Waals surface area contributed by atoms with Crippen molar-refractivity contribution in [2.75, 3.05) is 71.2 Å². The van der Waals surface area contributed by atoms with Crippen LogP contribution in [-0.2, 0) is 28.5 Å². The second-order valence-electron chi connectivity index (χ2n) is 15.0. The van der Waals surface area contributed by atoms with Gasteiger partial charge in [-0.05, 0) is 54.3 Å². The van der Waals surface area contributed by atoms with Crippen LogP contribution in [0, 0.1) is 0 Å². The Bertz CT molecular complexity index is 2580. The molecule has 22 heteroatoms. The molecule has 0 spiro atoms. The van der Waals surface area contributed by atoms with E-state index in [1.807, 2.05) is 17.5 Å². The lowest BCUT2D eigenvalue weighted by Crippen LogP contribution is -2.50. The van der Waals surface area contributed by atoms with Gasteiger partial charge in [-0.1, -0.05) is 24.3 Å². The fourth-order valence-electron chi connectivity index (χ4n) is 7.56. The highest BCUT2D eigenvalue weighted by molar-refractivity contribution is 7.12. The van der Waals surface area contributed by atoms with Crippen molar-refractivity contribution in [3.05, 3.63) is 106 Å². The van der Waals surface area contributed by atoms with Crippen LogP contribution in [0.25, 0.3) is 29.4 Å². The van der Waals surface area contributed by atoms with Gasteiger partial charge in [-0.25, -0.2) is 15.0 Å². The summed E-state index contributed by atoms with van der Waals surface area (Å²) in [7, 11) is 0. The largest absolute Gasteiger partial charge is 0.737 e. The number of anilines is 1. The number of carbonyl (C=O) groups excluding carboxylic acids is 2. The van der Waals surface area contributed by atoms with E-state index in [2.05, 4.69) is 30.9 Å². The first-order chi connectivity index (χ1) is 31.6. The Balaban J connectivity index is 0.667. The van der Waals surface area contributed by atoms with Crippen molar-refractivity contribution in [1.82, 2.24) is 34.6 Å². The van der Waals surface area contributed by atoms with Gasteiger partial charge in [0, 0.05) is 49.3 Å². The fourth-order valence-corrected chi connectivity index (χ4v) is 8.31. The number of hydrogen-bond donors (Lipinski definition) is 5. The number of carbonyl (C=O) groups is 2. The molecule has 3 aliphatic rings. The monoisotopic (exact) mass is 915 g/mol. The van der Waals surface area contributed by atoms with Crippen LogP contribution in [-0.4, -0.2) is 147 Å². The number of rotatable bonds is 22. The molecule has 1 fully saturated rings. The maximum atomic E-state index is 16.1. The Morgan fingerprint density at radius 2 is 1.69 bits per heavy atom. The van der Waals surface area contributed by atoms with Gasteiger partial charge < -0.3 is 67.4 Å². The summed E-state index contributed by atoms with van der Waals surface area (Å²) in [5.41, 5.74) is 3.32. The van der Waals surface area contributed by atoms with E-state index < -0.39 is 37.4 Å². The summed E-state index contributed by atoms with van der Waals surface area (Å²) in [5, 5.41) is 31.3. The fraction of sp³-hybridized carbons (Fsp3) is 0.349. The number of hydrogen-bond acceptors (Lipinski definition) is 14. The SMILES string of the molecule is CCNC(=O)[C@H]1O[C@@H](n2cnc3c(NCCOCCOCCOCCNC(=O)COc4ccc(/C=C/c5ccc6n5[B-](F)(F)[N+]5=C(c7cccs7)C=CC5=C6)cc4)ncnc32)[C@H](O)[C@@H]1O. The van der Waals surface area contributed by atoms with Crippen LogP contribution in [0.1, 0.15) is 35.0 Å². The second-order valence-corrected chi connectivity index (χ2v) is 15.9. The van der Waals surface area contributed by atoms with Gasteiger partial charge in [-0.15, -0.1) is 11.3 Å². The molecule has 342 valence electrons. The van der Waals surface area contributed by atoms with Gasteiger partial charge in [-0.2, -0.15) is 0 Å². The number of fused-ring (bicyclic) bond motifs is 3. The van der Waals surface area contributed by atoms with E-state index >= 15 is 8.63 Å². The topological polar surface area (TPSA) is 208 Å². The van der Waals surface area contributed by atoms with E-state index in [1.165, 1.54) is 28.6 Å². The molecular formula is C43H48BF2N9O9S. The minimum absolute atomic E-state index is 0.186. The predicted octanol–water partition coefficient (Wildman–Crippen LogP) is 2.92. The average Bonchev–Trinajstić information content (AvgIpc) is 4.16. The lowest BCUT2D eigenvalue weighted by molar-refractivity contribution is -0.360. The Hall–Kier alpha value is -6.14. The highest BCUT2D eigenvalue weighted by Crippen LogP contribution is 2.35. The van der Waals surface area contributed by atoms with Crippen LogP contribution in [0.5, 0.6) is 5.75 Å². The van der Waals surface area contributed by atoms with Gasteiger partial charge in [-0.3, -0.25) is 14.2 Å². The number of nitrogens with zero attached hydrogens (tertiary/aromatic N) is 6. The van der Waals surface area contributed by atoms with Crippen molar-refractivity contribution in [2.24, 2.45) is 0 Å². The number of likely N-dealkylation sites (N-methyl/N-ethyl adjacent to an activating group) is 1. The average molecular weight is 916 g/mol. The molecule has 1 aromatic carbocycles. The first-order valence-electron chi connectivity index (χ1n) is 21.1. The predicted molar refractivity (Wildman–Crippen MR) is 238 cm³/mol. The van der Waals surface area contributed by atoms with E-state index in [4.69, 9.17) is 23.7 Å². The molecule has 4 atom stereocenters. The molecule has 0 aliphatic carbocycles. The number of thiophene rings is 1. The first kappa shape index (κ1) is 45.4. The highest BCUT2D eigenvalue weighted by atomic mass is 32.1. The van der Waals surface area contributed by atoms with Gasteiger partial charge in [0.25, 0.3) is 11.8 Å². The molecular weight excluding hydrogens is 867 g/mol. The maximum absolute atomic E-state index is 16.1. The molecule has 7 heterocycles. The highest BCUT2D eigenvalue weighted by Gasteiger charge is 2.52. The summed E-state index contributed by atoms with van der Waals surface area (Å²) in [6.07, 6.45) is 6.30.